The SMILES string of the molecule is NNC1(C=O)CCC1. The number of rotatable bonds is 2. The van der Waals surface area contributed by atoms with Gasteiger partial charge >= 0.3 is 0 Å². The van der Waals surface area contributed by atoms with Crippen molar-refractivity contribution >= 4 is 6.29 Å². The Labute approximate surface area is 48.2 Å². The van der Waals surface area contributed by atoms with Crippen molar-refractivity contribution in [1.29, 1.82) is 0 Å². The second-order valence-electron chi connectivity index (χ2n) is 2.27. The molecule has 1 rings (SSSR count). The molecule has 1 aliphatic rings. The van der Waals surface area contributed by atoms with Crippen molar-refractivity contribution < 1.29 is 4.79 Å². The molecule has 0 aliphatic heterocycles. The maximum atomic E-state index is 10.2. The third-order valence-electron chi connectivity index (χ3n) is 1.76. The normalized spacial score (nSPS) is 24.1. The number of nitrogens with two attached hydrogens (primary N) is 1. The quantitative estimate of drug-likeness (QED) is 0.291. The van der Waals surface area contributed by atoms with Crippen LogP contribution in [0.15, 0.2) is 0 Å². The van der Waals surface area contributed by atoms with Crippen LogP contribution in [0.5, 0.6) is 0 Å². The standard InChI is InChI=1S/C5H10N2O/c6-7-5(4-8)2-1-3-5/h4,7H,1-3,6H2. The Morgan fingerprint density at radius 1 is 1.62 bits per heavy atom. The zero-order valence-corrected chi connectivity index (χ0v) is 4.68. The number of carbonyl (C=O) groups excluding carboxylic acids is 1. The van der Waals surface area contributed by atoms with E-state index in [9.17, 15) is 4.79 Å². The molecule has 1 saturated carbocycles. The topological polar surface area (TPSA) is 55.1 Å². The molecule has 0 unspecified atom stereocenters. The maximum absolute atomic E-state index is 10.2. The zero-order valence-electron chi connectivity index (χ0n) is 4.68. The molecule has 0 spiro atoms. The van der Waals surface area contributed by atoms with E-state index < -0.39 is 0 Å². The van der Waals surface area contributed by atoms with E-state index >= 15 is 0 Å². The molecule has 3 heteroatoms. The number of nitrogens with one attached hydrogen (secondary N) is 1. The molecule has 0 aromatic carbocycles. The molecule has 46 valence electrons. The molecule has 1 aliphatic carbocycles. The van der Waals surface area contributed by atoms with Gasteiger partial charge in [-0.1, -0.05) is 0 Å². The Morgan fingerprint density at radius 3 is 2.25 bits per heavy atom. The summed E-state index contributed by atoms with van der Waals surface area (Å²) in [7, 11) is 0. The molecule has 1 fully saturated rings. The maximum Gasteiger partial charge on any atom is 0.141 e. The summed E-state index contributed by atoms with van der Waals surface area (Å²) in [5, 5.41) is 0. The van der Waals surface area contributed by atoms with Gasteiger partial charge in [0, 0.05) is 0 Å². The van der Waals surface area contributed by atoms with Crippen LogP contribution in [0.1, 0.15) is 19.3 Å². The van der Waals surface area contributed by atoms with E-state index in [4.69, 9.17) is 5.84 Å². The van der Waals surface area contributed by atoms with Crippen molar-refractivity contribution in [2.45, 2.75) is 24.8 Å². The molecule has 3 N–H and O–H groups in total. The summed E-state index contributed by atoms with van der Waals surface area (Å²) >= 11 is 0. The minimum Gasteiger partial charge on any atom is -0.301 e. The van der Waals surface area contributed by atoms with Crippen LogP contribution < -0.4 is 11.3 Å². The van der Waals surface area contributed by atoms with Gasteiger partial charge in [-0.05, 0) is 19.3 Å². The molecule has 8 heavy (non-hydrogen) atoms. The molecule has 0 aromatic heterocycles. The van der Waals surface area contributed by atoms with Crippen molar-refractivity contribution in [2.75, 3.05) is 0 Å². The van der Waals surface area contributed by atoms with Gasteiger partial charge in [0.05, 0.1) is 5.54 Å². The summed E-state index contributed by atoms with van der Waals surface area (Å²) in [5.41, 5.74) is 2.15. The Bertz CT molecular complexity index is 93.1. The third-order valence-corrected chi connectivity index (χ3v) is 1.76. The lowest BCUT2D eigenvalue weighted by Gasteiger charge is -2.35. The molecule has 0 saturated heterocycles. The predicted molar refractivity (Wildman–Crippen MR) is 30.0 cm³/mol. The molecule has 0 amide bonds. The van der Waals surface area contributed by atoms with Crippen LogP contribution >= 0.6 is 0 Å². The first kappa shape index (κ1) is 5.72. The van der Waals surface area contributed by atoms with Crippen LogP contribution in [0.25, 0.3) is 0 Å². The van der Waals surface area contributed by atoms with Crippen molar-refractivity contribution in [1.82, 2.24) is 5.43 Å². The minimum atomic E-state index is -0.347. The molecule has 0 heterocycles. The number of aldehydes is 1. The minimum absolute atomic E-state index is 0.347. The van der Waals surface area contributed by atoms with Crippen molar-refractivity contribution in [2.24, 2.45) is 5.84 Å². The van der Waals surface area contributed by atoms with Crippen LogP contribution in [0.2, 0.25) is 0 Å². The summed E-state index contributed by atoms with van der Waals surface area (Å²) in [6, 6.07) is 0. The molecule has 3 nitrogen and oxygen atoms in total. The lowest BCUT2D eigenvalue weighted by molar-refractivity contribution is -0.116. The molecular weight excluding hydrogens is 104 g/mol. The van der Waals surface area contributed by atoms with Gasteiger partial charge in [0.1, 0.15) is 6.29 Å². The summed E-state index contributed by atoms with van der Waals surface area (Å²) < 4.78 is 0. The summed E-state index contributed by atoms with van der Waals surface area (Å²) in [4.78, 5) is 10.2. The Kier molecular flexibility index (Phi) is 1.31. The Balaban J connectivity index is 2.45. The van der Waals surface area contributed by atoms with Crippen LogP contribution in [0.4, 0.5) is 0 Å². The second-order valence-corrected chi connectivity index (χ2v) is 2.27. The number of hydrogen-bond acceptors (Lipinski definition) is 3. The van der Waals surface area contributed by atoms with Crippen molar-refractivity contribution in [3.63, 3.8) is 0 Å². The summed E-state index contributed by atoms with van der Waals surface area (Å²) in [6.07, 6.45) is 3.80. The van der Waals surface area contributed by atoms with Gasteiger partial charge in [0.2, 0.25) is 0 Å². The van der Waals surface area contributed by atoms with Crippen LogP contribution in [-0.2, 0) is 4.79 Å². The fourth-order valence-corrected chi connectivity index (χ4v) is 0.854. The molecule has 0 bridgehead atoms. The van der Waals surface area contributed by atoms with Gasteiger partial charge in [0.15, 0.2) is 0 Å². The average Bonchev–Trinajstić information content (AvgIpc) is 1.67. The first-order valence-corrected chi connectivity index (χ1v) is 2.77. The summed E-state index contributed by atoms with van der Waals surface area (Å²) in [5.74, 6) is 5.10. The highest BCUT2D eigenvalue weighted by molar-refractivity contribution is 5.65. The van der Waals surface area contributed by atoms with E-state index in [1.807, 2.05) is 0 Å². The molecule has 0 atom stereocenters. The van der Waals surface area contributed by atoms with Crippen molar-refractivity contribution in [3.8, 4) is 0 Å². The van der Waals surface area contributed by atoms with E-state index in [2.05, 4.69) is 5.43 Å². The van der Waals surface area contributed by atoms with Gasteiger partial charge in [-0.15, -0.1) is 0 Å². The fourth-order valence-electron chi connectivity index (χ4n) is 0.854. The van der Waals surface area contributed by atoms with Gasteiger partial charge in [-0.2, -0.15) is 0 Å². The van der Waals surface area contributed by atoms with Gasteiger partial charge in [0.25, 0.3) is 0 Å². The molecule has 0 aromatic rings. The molecular formula is C5H10N2O. The highest BCUT2D eigenvalue weighted by Crippen LogP contribution is 2.28. The van der Waals surface area contributed by atoms with E-state index in [1.54, 1.807) is 0 Å². The number of hydrogen-bond donors (Lipinski definition) is 2. The first-order valence-electron chi connectivity index (χ1n) is 2.77. The fraction of sp³-hybridized carbons (Fsp3) is 0.800. The zero-order chi connectivity index (χ0) is 6.04. The summed E-state index contributed by atoms with van der Waals surface area (Å²) in [6.45, 7) is 0. The average molecular weight is 114 g/mol. The number of carbonyl (C=O) groups is 1. The lowest BCUT2D eigenvalue weighted by atomic mass is 9.79. The lowest BCUT2D eigenvalue weighted by Crippen LogP contribution is -2.55. The smallest absolute Gasteiger partial charge is 0.141 e. The van der Waals surface area contributed by atoms with Gasteiger partial charge in [-0.3, -0.25) is 5.84 Å². The van der Waals surface area contributed by atoms with Crippen LogP contribution in [0.3, 0.4) is 0 Å². The van der Waals surface area contributed by atoms with Crippen LogP contribution in [-0.4, -0.2) is 11.8 Å². The second kappa shape index (κ2) is 1.84. The van der Waals surface area contributed by atoms with E-state index in [0.29, 0.717) is 0 Å². The monoisotopic (exact) mass is 114 g/mol. The van der Waals surface area contributed by atoms with E-state index in [0.717, 1.165) is 25.5 Å². The predicted octanol–water partition coefficient (Wildman–Crippen LogP) is -0.429. The van der Waals surface area contributed by atoms with E-state index in [1.165, 1.54) is 0 Å². The Morgan fingerprint density at radius 2 is 2.25 bits per heavy atom. The van der Waals surface area contributed by atoms with Gasteiger partial charge < -0.3 is 4.79 Å². The largest absolute Gasteiger partial charge is 0.301 e. The number of hydrazine groups is 1. The third kappa shape index (κ3) is 0.638. The van der Waals surface area contributed by atoms with Gasteiger partial charge in [-0.25, -0.2) is 5.43 Å². The first-order chi connectivity index (χ1) is 3.83. The van der Waals surface area contributed by atoms with Crippen molar-refractivity contribution in [3.05, 3.63) is 0 Å². The Hall–Kier alpha value is -0.410. The highest BCUT2D eigenvalue weighted by atomic mass is 16.1. The molecule has 0 radical (unpaired) electrons. The highest BCUT2D eigenvalue weighted by Gasteiger charge is 2.35. The van der Waals surface area contributed by atoms with Crippen LogP contribution in [0, 0.1) is 0 Å². The van der Waals surface area contributed by atoms with E-state index in [-0.39, 0.29) is 5.54 Å².